The summed E-state index contributed by atoms with van der Waals surface area (Å²) in [5.41, 5.74) is 9.90. The summed E-state index contributed by atoms with van der Waals surface area (Å²) in [6.07, 6.45) is 0. The zero-order valence-electron chi connectivity index (χ0n) is 15.1. The van der Waals surface area contributed by atoms with Crippen LogP contribution in [0.15, 0.2) is 48.5 Å². The Morgan fingerprint density at radius 1 is 1.19 bits per heavy atom. The highest BCUT2D eigenvalue weighted by atomic mass is 16.5. The maximum atomic E-state index is 6.19. The van der Waals surface area contributed by atoms with Gasteiger partial charge in [0.1, 0.15) is 30.3 Å². The lowest BCUT2D eigenvalue weighted by atomic mass is 10.1. The quantitative estimate of drug-likeness (QED) is 0.601. The van der Waals surface area contributed by atoms with Crippen molar-refractivity contribution in [1.29, 1.82) is 0 Å². The van der Waals surface area contributed by atoms with E-state index in [0.29, 0.717) is 25.6 Å². The monoisotopic (exact) mass is 360 g/mol. The van der Waals surface area contributed by atoms with Crippen LogP contribution in [0, 0.1) is 0 Å². The molecule has 6 heteroatoms. The van der Waals surface area contributed by atoms with E-state index in [0.717, 1.165) is 39.1 Å². The predicted molar refractivity (Wildman–Crippen MR) is 105 cm³/mol. The smallest absolute Gasteiger partial charge is 0.152 e. The van der Waals surface area contributed by atoms with E-state index in [1.165, 1.54) is 0 Å². The van der Waals surface area contributed by atoms with Crippen LogP contribution < -0.4 is 10.5 Å². The molecule has 5 rings (SSSR count). The molecule has 0 amide bonds. The average Bonchev–Trinajstić information content (AvgIpc) is 3.09. The highest BCUT2D eigenvalue weighted by molar-refractivity contribution is 6.07. The van der Waals surface area contributed by atoms with Crippen molar-refractivity contribution in [2.24, 2.45) is 0 Å². The number of rotatable bonds is 3. The van der Waals surface area contributed by atoms with E-state index in [1.807, 2.05) is 36.4 Å². The molecule has 0 spiro atoms. The van der Waals surface area contributed by atoms with Gasteiger partial charge in [-0.3, -0.25) is 0 Å². The molecule has 2 aromatic carbocycles. The van der Waals surface area contributed by atoms with E-state index < -0.39 is 0 Å². The van der Waals surface area contributed by atoms with Crippen molar-refractivity contribution in [1.82, 2.24) is 14.5 Å². The van der Waals surface area contributed by atoms with Crippen LogP contribution in [-0.2, 0) is 18.0 Å². The first-order valence-electron chi connectivity index (χ1n) is 9.05. The zero-order chi connectivity index (χ0) is 18.4. The second kappa shape index (κ2) is 6.25. The van der Waals surface area contributed by atoms with Gasteiger partial charge in [-0.15, -0.1) is 0 Å². The molecule has 0 unspecified atom stereocenters. The molecule has 136 valence electrons. The van der Waals surface area contributed by atoms with Crippen LogP contribution in [0.25, 0.3) is 21.9 Å². The molecule has 0 fully saturated rings. The minimum Gasteiger partial charge on any atom is -0.489 e. The Morgan fingerprint density at radius 3 is 2.89 bits per heavy atom. The van der Waals surface area contributed by atoms with Crippen molar-refractivity contribution in [3.05, 3.63) is 59.9 Å². The van der Waals surface area contributed by atoms with Gasteiger partial charge in [-0.2, -0.15) is 0 Å². The standard InChI is InChI=1S/C21H20N4O2/c1-13-10-26-12-18-24-19-20(25(13)18)16-9-15(7-8-17(16)23-21(19)22)27-11-14-5-3-2-4-6-14/h2-9,13H,10-12H2,1H3,(H2,22,23)/t13-/m0/s1. The number of nitrogens with two attached hydrogens (primary N) is 1. The summed E-state index contributed by atoms with van der Waals surface area (Å²) in [6, 6.07) is 16.2. The minimum absolute atomic E-state index is 0.192. The summed E-state index contributed by atoms with van der Waals surface area (Å²) >= 11 is 0. The van der Waals surface area contributed by atoms with Crippen LogP contribution >= 0.6 is 0 Å². The van der Waals surface area contributed by atoms with Crippen molar-refractivity contribution in [2.45, 2.75) is 26.2 Å². The van der Waals surface area contributed by atoms with Crippen LogP contribution in [0.1, 0.15) is 24.4 Å². The first-order chi connectivity index (χ1) is 13.2. The van der Waals surface area contributed by atoms with Crippen LogP contribution in [-0.4, -0.2) is 21.1 Å². The first kappa shape index (κ1) is 16.1. The second-order valence-corrected chi connectivity index (χ2v) is 6.91. The molecule has 1 aliphatic heterocycles. The normalized spacial score (nSPS) is 16.6. The van der Waals surface area contributed by atoms with Gasteiger partial charge in [0.15, 0.2) is 5.82 Å². The largest absolute Gasteiger partial charge is 0.489 e. The highest BCUT2D eigenvalue weighted by Gasteiger charge is 2.24. The van der Waals surface area contributed by atoms with Crippen LogP contribution in [0.5, 0.6) is 5.75 Å². The number of ether oxygens (including phenoxy) is 2. The van der Waals surface area contributed by atoms with E-state index in [2.05, 4.69) is 33.6 Å². The molecule has 27 heavy (non-hydrogen) atoms. The summed E-state index contributed by atoms with van der Waals surface area (Å²) in [5, 5.41) is 0.997. The van der Waals surface area contributed by atoms with Crippen molar-refractivity contribution in [2.75, 3.05) is 12.3 Å². The molecule has 0 aliphatic carbocycles. The van der Waals surface area contributed by atoms with Gasteiger partial charge in [0.25, 0.3) is 0 Å². The number of imidazole rings is 1. The lowest BCUT2D eigenvalue weighted by molar-refractivity contribution is 0.0622. The molecule has 0 saturated carbocycles. The fourth-order valence-corrected chi connectivity index (χ4v) is 3.70. The number of nitrogens with zero attached hydrogens (tertiary/aromatic N) is 3. The summed E-state index contributed by atoms with van der Waals surface area (Å²) in [4.78, 5) is 9.22. The molecule has 0 radical (unpaired) electrons. The summed E-state index contributed by atoms with van der Waals surface area (Å²) < 4.78 is 13.9. The number of pyridine rings is 1. The van der Waals surface area contributed by atoms with Crippen molar-refractivity contribution < 1.29 is 9.47 Å². The van der Waals surface area contributed by atoms with Gasteiger partial charge >= 0.3 is 0 Å². The fourth-order valence-electron chi connectivity index (χ4n) is 3.70. The van der Waals surface area contributed by atoms with Crippen molar-refractivity contribution in [3.63, 3.8) is 0 Å². The summed E-state index contributed by atoms with van der Waals surface area (Å²) in [5.74, 6) is 2.14. The van der Waals surface area contributed by atoms with Gasteiger partial charge < -0.3 is 19.8 Å². The average molecular weight is 360 g/mol. The maximum absolute atomic E-state index is 6.19. The molecule has 1 atom stereocenters. The molecular weight excluding hydrogens is 340 g/mol. The van der Waals surface area contributed by atoms with Crippen molar-refractivity contribution >= 4 is 27.8 Å². The molecule has 0 bridgehead atoms. The van der Waals surface area contributed by atoms with Crippen LogP contribution in [0.4, 0.5) is 5.82 Å². The van der Waals surface area contributed by atoms with E-state index in [-0.39, 0.29) is 6.04 Å². The predicted octanol–water partition coefficient (Wildman–Crippen LogP) is 3.84. The molecule has 6 nitrogen and oxygen atoms in total. The van der Waals surface area contributed by atoms with E-state index in [4.69, 9.17) is 15.2 Å². The molecule has 2 N–H and O–H groups in total. The van der Waals surface area contributed by atoms with Crippen molar-refractivity contribution in [3.8, 4) is 5.75 Å². The third-order valence-electron chi connectivity index (χ3n) is 4.97. The van der Waals surface area contributed by atoms with E-state index >= 15 is 0 Å². The molecule has 3 heterocycles. The number of nitrogen functional groups attached to an aromatic ring is 1. The van der Waals surface area contributed by atoms with Gasteiger partial charge in [-0.1, -0.05) is 30.3 Å². The Bertz CT molecular complexity index is 1140. The molecule has 2 aromatic heterocycles. The third kappa shape index (κ3) is 2.69. The van der Waals surface area contributed by atoms with Crippen LogP contribution in [0.3, 0.4) is 0 Å². The van der Waals surface area contributed by atoms with E-state index in [9.17, 15) is 0 Å². The number of anilines is 1. The second-order valence-electron chi connectivity index (χ2n) is 6.91. The number of hydrogen-bond donors (Lipinski definition) is 1. The Morgan fingerprint density at radius 2 is 2.04 bits per heavy atom. The minimum atomic E-state index is 0.192. The first-order valence-corrected chi connectivity index (χ1v) is 9.05. The number of benzene rings is 2. The number of hydrogen-bond acceptors (Lipinski definition) is 5. The summed E-state index contributed by atoms with van der Waals surface area (Å²) in [6.45, 7) is 3.80. The number of fused-ring (bicyclic) bond motifs is 5. The van der Waals surface area contributed by atoms with Gasteiger partial charge in [-0.25, -0.2) is 9.97 Å². The van der Waals surface area contributed by atoms with Crippen LogP contribution in [0.2, 0.25) is 0 Å². The Kier molecular flexibility index (Phi) is 3.72. The highest BCUT2D eigenvalue weighted by Crippen LogP contribution is 2.34. The molecule has 0 saturated heterocycles. The lowest BCUT2D eigenvalue weighted by Crippen LogP contribution is -2.21. The van der Waals surface area contributed by atoms with Gasteiger partial charge in [0.05, 0.1) is 23.7 Å². The molecule has 4 aromatic rings. The SMILES string of the molecule is C[C@H]1COCc2nc3c(N)nc4ccc(OCc5ccccc5)cc4c3n21. The maximum Gasteiger partial charge on any atom is 0.152 e. The van der Waals surface area contributed by atoms with Gasteiger partial charge in [-0.05, 0) is 30.7 Å². The Hall–Kier alpha value is -3.12. The Labute approximate surface area is 156 Å². The fraction of sp³-hybridized carbons (Fsp3) is 0.238. The molecular formula is C21H20N4O2. The van der Waals surface area contributed by atoms with E-state index in [1.54, 1.807) is 0 Å². The summed E-state index contributed by atoms with van der Waals surface area (Å²) in [7, 11) is 0. The molecule has 1 aliphatic rings. The van der Waals surface area contributed by atoms with Gasteiger partial charge in [0.2, 0.25) is 0 Å². The topological polar surface area (TPSA) is 75.2 Å². The lowest BCUT2D eigenvalue weighted by Gasteiger charge is -2.23. The Balaban J connectivity index is 1.63. The third-order valence-corrected chi connectivity index (χ3v) is 4.97. The zero-order valence-corrected chi connectivity index (χ0v) is 15.1. The van der Waals surface area contributed by atoms with Gasteiger partial charge in [0, 0.05) is 5.39 Å². The number of aromatic nitrogens is 3.